The fraction of sp³-hybridized carbons (Fsp3) is 0.250. The van der Waals surface area contributed by atoms with Gasteiger partial charge in [-0.05, 0) is 37.1 Å². The third-order valence-electron chi connectivity index (χ3n) is 3.15. The van der Waals surface area contributed by atoms with Crippen LogP contribution in [0.5, 0.6) is 0 Å². The summed E-state index contributed by atoms with van der Waals surface area (Å²) in [6, 6.07) is 13.6. The van der Waals surface area contributed by atoms with Crippen LogP contribution in [-0.4, -0.2) is 11.7 Å². The van der Waals surface area contributed by atoms with Gasteiger partial charge in [-0.25, -0.2) is 0 Å². The lowest BCUT2D eigenvalue weighted by Crippen LogP contribution is -2.12. The lowest BCUT2D eigenvalue weighted by molar-refractivity contribution is 0.191. The van der Waals surface area contributed by atoms with Gasteiger partial charge in [0.25, 0.3) is 0 Å². The zero-order valence-electron chi connectivity index (χ0n) is 11.2. The van der Waals surface area contributed by atoms with Crippen LogP contribution >= 0.6 is 11.6 Å². The molecule has 1 unspecified atom stereocenters. The van der Waals surface area contributed by atoms with E-state index in [1.165, 1.54) is 5.56 Å². The maximum absolute atomic E-state index is 10.1. The van der Waals surface area contributed by atoms with Crippen LogP contribution in [0.1, 0.15) is 22.8 Å². The van der Waals surface area contributed by atoms with Crippen molar-refractivity contribution >= 4 is 17.3 Å². The molecule has 3 heteroatoms. The highest BCUT2D eigenvalue weighted by atomic mass is 35.5. The highest BCUT2D eigenvalue weighted by molar-refractivity contribution is 6.30. The Morgan fingerprint density at radius 1 is 1.11 bits per heavy atom. The lowest BCUT2D eigenvalue weighted by Gasteiger charge is -2.15. The van der Waals surface area contributed by atoms with Crippen LogP contribution in [0.2, 0.25) is 5.02 Å². The van der Waals surface area contributed by atoms with Crippen molar-refractivity contribution in [2.45, 2.75) is 20.0 Å². The summed E-state index contributed by atoms with van der Waals surface area (Å²) < 4.78 is 0. The minimum Gasteiger partial charge on any atom is -0.387 e. The highest BCUT2D eigenvalue weighted by Crippen LogP contribution is 2.21. The number of aliphatic hydroxyl groups is 1. The van der Waals surface area contributed by atoms with Gasteiger partial charge in [0.15, 0.2) is 0 Å². The van der Waals surface area contributed by atoms with Crippen LogP contribution in [-0.2, 0) is 0 Å². The second-order valence-electron chi connectivity index (χ2n) is 4.77. The summed E-state index contributed by atoms with van der Waals surface area (Å²) in [5, 5.41) is 14.1. The Labute approximate surface area is 119 Å². The zero-order valence-corrected chi connectivity index (χ0v) is 11.9. The van der Waals surface area contributed by atoms with Crippen molar-refractivity contribution in [3.63, 3.8) is 0 Å². The largest absolute Gasteiger partial charge is 0.387 e. The van der Waals surface area contributed by atoms with Gasteiger partial charge in [-0.1, -0.05) is 47.5 Å². The average molecular weight is 276 g/mol. The van der Waals surface area contributed by atoms with Crippen LogP contribution in [0, 0.1) is 13.8 Å². The first-order valence-electron chi connectivity index (χ1n) is 6.31. The molecular formula is C16H18ClNO. The van der Waals surface area contributed by atoms with Gasteiger partial charge in [0.05, 0.1) is 6.10 Å². The van der Waals surface area contributed by atoms with Gasteiger partial charge in [0.2, 0.25) is 0 Å². The van der Waals surface area contributed by atoms with Gasteiger partial charge < -0.3 is 10.4 Å². The van der Waals surface area contributed by atoms with Crippen molar-refractivity contribution in [1.82, 2.24) is 0 Å². The van der Waals surface area contributed by atoms with Crippen molar-refractivity contribution in [2.75, 3.05) is 11.9 Å². The number of nitrogens with one attached hydrogen (secondary N) is 1. The SMILES string of the molecule is Cc1ccc(C(O)CNc2cc(Cl)ccc2C)cc1. The maximum atomic E-state index is 10.1. The second kappa shape index (κ2) is 6.09. The summed E-state index contributed by atoms with van der Waals surface area (Å²) in [7, 11) is 0. The highest BCUT2D eigenvalue weighted by Gasteiger charge is 2.07. The van der Waals surface area contributed by atoms with Crippen molar-refractivity contribution in [3.05, 3.63) is 64.2 Å². The molecule has 0 aliphatic heterocycles. The topological polar surface area (TPSA) is 32.3 Å². The normalized spacial score (nSPS) is 12.2. The molecule has 0 bridgehead atoms. The Morgan fingerprint density at radius 3 is 2.47 bits per heavy atom. The number of anilines is 1. The van der Waals surface area contributed by atoms with Gasteiger partial charge in [-0.3, -0.25) is 0 Å². The molecule has 0 heterocycles. The number of benzene rings is 2. The van der Waals surface area contributed by atoms with E-state index in [9.17, 15) is 5.11 Å². The molecule has 2 aromatic carbocycles. The number of rotatable bonds is 4. The van der Waals surface area contributed by atoms with Gasteiger partial charge >= 0.3 is 0 Å². The molecule has 2 aromatic rings. The van der Waals surface area contributed by atoms with E-state index in [0.717, 1.165) is 16.8 Å². The summed E-state index contributed by atoms with van der Waals surface area (Å²) in [6.07, 6.45) is -0.529. The summed E-state index contributed by atoms with van der Waals surface area (Å²) in [5.41, 5.74) is 4.17. The molecule has 2 nitrogen and oxygen atoms in total. The van der Waals surface area contributed by atoms with Crippen molar-refractivity contribution < 1.29 is 5.11 Å². The first-order chi connectivity index (χ1) is 9.06. The first-order valence-corrected chi connectivity index (χ1v) is 6.69. The third kappa shape index (κ3) is 3.72. The number of aryl methyl sites for hydroxylation is 2. The van der Waals surface area contributed by atoms with Gasteiger partial charge in [-0.15, -0.1) is 0 Å². The monoisotopic (exact) mass is 275 g/mol. The zero-order chi connectivity index (χ0) is 13.8. The van der Waals surface area contributed by atoms with Gasteiger partial charge in [0, 0.05) is 17.3 Å². The molecule has 0 spiro atoms. The molecule has 0 saturated heterocycles. The molecule has 19 heavy (non-hydrogen) atoms. The molecule has 0 fully saturated rings. The van der Waals surface area contributed by atoms with E-state index < -0.39 is 6.10 Å². The van der Waals surface area contributed by atoms with E-state index in [1.807, 2.05) is 56.3 Å². The Kier molecular flexibility index (Phi) is 4.46. The smallest absolute Gasteiger partial charge is 0.0962 e. The third-order valence-corrected chi connectivity index (χ3v) is 3.38. The molecule has 0 aliphatic carbocycles. The molecule has 2 rings (SSSR count). The lowest BCUT2D eigenvalue weighted by atomic mass is 10.1. The molecular weight excluding hydrogens is 258 g/mol. The Morgan fingerprint density at radius 2 is 1.79 bits per heavy atom. The van der Waals surface area contributed by atoms with Crippen LogP contribution < -0.4 is 5.32 Å². The standard InChI is InChI=1S/C16H18ClNO/c1-11-3-6-13(7-4-11)16(19)10-18-15-9-14(17)8-5-12(15)2/h3-9,16,18-19H,10H2,1-2H3. The van der Waals surface area contributed by atoms with Gasteiger partial charge in [-0.2, -0.15) is 0 Å². The molecule has 2 N–H and O–H groups in total. The predicted molar refractivity (Wildman–Crippen MR) is 80.8 cm³/mol. The number of hydrogen-bond donors (Lipinski definition) is 2. The fourth-order valence-corrected chi connectivity index (χ4v) is 2.07. The molecule has 0 saturated carbocycles. The summed E-state index contributed by atoms with van der Waals surface area (Å²) in [5.74, 6) is 0. The van der Waals surface area contributed by atoms with E-state index in [4.69, 9.17) is 11.6 Å². The summed E-state index contributed by atoms with van der Waals surface area (Å²) in [4.78, 5) is 0. The minimum atomic E-state index is -0.529. The van der Waals surface area contributed by atoms with E-state index in [1.54, 1.807) is 0 Å². The fourth-order valence-electron chi connectivity index (χ4n) is 1.90. The van der Waals surface area contributed by atoms with E-state index >= 15 is 0 Å². The van der Waals surface area contributed by atoms with Crippen LogP contribution in [0.25, 0.3) is 0 Å². The first kappa shape index (κ1) is 13.9. The minimum absolute atomic E-state index is 0.463. The average Bonchev–Trinajstić information content (AvgIpc) is 2.40. The predicted octanol–water partition coefficient (Wildman–Crippen LogP) is 4.10. The van der Waals surface area contributed by atoms with Crippen molar-refractivity contribution in [1.29, 1.82) is 0 Å². The van der Waals surface area contributed by atoms with Crippen LogP contribution in [0.3, 0.4) is 0 Å². The molecule has 1 atom stereocenters. The Hall–Kier alpha value is -1.51. The van der Waals surface area contributed by atoms with Crippen molar-refractivity contribution in [3.8, 4) is 0 Å². The van der Waals surface area contributed by atoms with Crippen LogP contribution in [0.4, 0.5) is 5.69 Å². The summed E-state index contributed by atoms with van der Waals surface area (Å²) >= 11 is 5.96. The van der Waals surface area contributed by atoms with Crippen LogP contribution in [0.15, 0.2) is 42.5 Å². The Bertz CT molecular complexity index is 551. The van der Waals surface area contributed by atoms with E-state index in [2.05, 4.69) is 5.32 Å². The summed E-state index contributed by atoms with van der Waals surface area (Å²) in [6.45, 7) is 4.50. The molecule has 100 valence electrons. The maximum Gasteiger partial charge on any atom is 0.0962 e. The molecule has 0 amide bonds. The number of hydrogen-bond acceptors (Lipinski definition) is 2. The number of halogens is 1. The Balaban J connectivity index is 2.02. The number of aliphatic hydroxyl groups excluding tert-OH is 1. The molecule has 0 aromatic heterocycles. The quantitative estimate of drug-likeness (QED) is 0.880. The van der Waals surface area contributed by atoms with Gasteiger partial charge in [0.1, 0.15) is 0 Å². The molecule has 0 radical (unpaired) electrons. The van der Waals surface area contributed by atoms with E-state index in [0.29, 0.717) is 11.6 Å². The second-order valence-corrected chi connectivity index (χ2v) is 5.20. The molecule has 0 aliphatic rings. The van der Waals surface area contributed by atoms with E-state index in [-0.39, 0.29) is 0 Å². The van der Waals surface area contributed by atoms with Crippen molar-refractivity contribution in [2.24, 2.45) is 0 Å².